The standard InChI is InChI=1S/C7H14O2/c1-5-4-8-6(2)7(3)9-5/h5-7H,4H2,1-3H3/t5-,6-,7?/m0/s1. The first-order valence-corrected chi connectivity index (χ1v) is 3.47. The summed E-state index contributed by atoms with van der Waals surface area (Å²) >= 11 is 0. The number of hydrogen-bond donors (Lipinski definition) is 0. The Morgan fingerprint density at radius 1 is 1.11 bits per heavy atom. The Kier molecular flexibility index (Phi) is 2.09. The zero-order chi connectivity index (χ0) is 6.85. The second-order valence-electron chi connectivity index (χ2n) is 2.69. The summed E-state index contributed by atoms with van der Waals surface area (Å²) in [5.41, 5.74) is 0. The van der Waals surface area contributed by atoms with Crippen LogP contribution in [0.2, 0.25) is 0 Å². The minimum absolute atomic E-state index is 0.258. The van der Waals surface area contributed by atoms with Crippen molar-refractivity contribution < 1.29 is 9.47 Å². The molecule has 0 aromatic heterocycles. The number of hydrogen-bond acceptors (Lipinski definition) is 2. The van der Waals surface area contributed by atoms with E-state index < -0.39 is 0 Å². The molecular formula is C7H14O2. The van der Waals surface area contributed by atoms with Crippen molar-refractivity contribution in [3.63, 3.8) is 0 Å². The molecule has 1 aliphatic heterocycles. The Hall–Kier alpha value is -0.0800. The van der Waals surface area contributed by atoms with Crippen molar-refractivity contribution in [2.75, 3.05) is 6.61 Å². The summed E-state index contributed by atoms with van der Waals surface area (Å²) < 4.78 is 10.9. The highest BCUT2D eigenvalue weighted by molar-refractivity contribution is 4.67. The van der Waals surface area contributed by atoms with E-state index >= 15 is 0 Å². The van der Waals surface area contributed by atoms with Gasteiger partial charge in [-0.3, -0.25) is 0 Å². The van der Waals surface area contributed by atoms with E-state index in [0.717, 1.165) is 6.61 Å². The molecule has 0 aromatic carbocycles. The topological polar surface area (TPSA) is 18.5 Å². The van der Waals surface area contributed by atoms with Crippen molar-refractivity contribution in [3.05, 3.63) is 0 Å². The molecule has 1 fully saturated rings. The van der Waals surface area contributed by atoms with E-state index in [1.807, 2.05) is 20.8 Å². The largest absolute Gasteiger partial charge is 0.373 e. The summed E-state index contributed by atoms with van der Waals surface area (Å²) in [5.74, 6) is 0. The highest BCUT2D eigenvalue weighted by Gasteiger charge is 2.22. The molecule has 0 radical (unpaired) electrons. The van der Waals surface area contributed by atoms with Crippen LogP contribution in [-0.4, -0.2) is 24.9 Å². The van der Waals surface area contributed by atoms with Crippen molar-refractivity contribution in [1.29, 1.82) is 0 Å². The molecule has 0 aliphatic carbocycles. The molecule has 2 heteroatoms. The van der Waals surface area contributed by atoms with Gasteiger partial charge < -0.3 is 9.47 Å². The summed E-state index contributed by atoms with van der Waals surface area (Å²) in [6, 6.07) is 0. The maximum Gasteiger partial charge on any atom is 0.0810 e. The zero-order valence-corrected chi connectivity index (χ0v) is 6.26. The van der Waals surface area contributed by atoms with Crippen molar-refractivity contribution in [2.24, 2.45) is 0 Å². The number of ether oxygens (including phenoxy) is 2. The summed E-state index contributed by atoms with van der Waals surface area (Å²) in [6.45, 7) is 6.85. The molecule has 1 heterocycles. The second kappa shape index (κ2) is 2.67. The molecule has 0 spiro atoms. The summed E-state index contributed by atoms with van der Waals surface area (Å²) in [5, 5.41) is 0. The fraction of sp³-hybridized carbons (Fsp3) is 1.00. The predicted molar refractivity (Wildman–Crippen MR) is 35.4 cm³/mol. The molecule has 1 rings (SSSR count). The van der Waals surface area contributed by atoms with Crippen LogP contribution in [0.25, 0.3) is 0 Å². The summed E-state index contributed by atoms with van der Waals surface area (Å²) in [7, 11) is 0. The molecule has 1 unspecified atom stereocenters. The molecule has 0 aromatic rings. The highest BCUT2D eigenvalue weighted by Crippen LogP contribution is 2.12. The third-order valence-electron chi connectivity index (χ3n) is 1.70. The van der Waals surface area contributed by atoms with E-state index in [-0.39, 0.29) is 18.3 Å². The van der Waals surface area contributed by atoms with Crippen molar-refractivity contribution >= 4 is 0 Å². The van der Waals surface area contributed by atoms with Crippen molar-refractivity contribution in [2.45, 2.75) is 39.1 Å². The monoisotopic (exact) mass is 130 g/mol. The van der Waals surface area contributed by atoms with Crippen molar-refractivity contribution in [1.82, 2.24) is 0 Å². The van der Waals surface area contributed by atoms with Crippen LogP contribution >= 0.6 is 0 Å². The van der Waals surface area contributed by atoms with E-state index in [9.17, 15) is 0 Å². The van der Waals surface area contributed by atoms with Crippen LogP contribution in [0.1, 0.15) is 20.8 Å². The van der Waals surface area contributed by atoms with Gasteiger partial charge in [-0.25, -0.2) is 0 Å². The maximum atomic E-state index is 5.47. The first-order chi connectivity index (χ1) is 4.20. The third kappa shape index (κ3) is 1.66. The van der Waals surface area contributed by atoms with Crippen molar-refractivity contribution in [3.8, 4) is 0 Å². The maximum absolute atomic E-state index is 5.47. The molecule has 54 valence electrons. The minimum Gasteiger partial charge on any atom is -0.373 e. The van der Waals surface area contributed by atoms with Gasteiger partial charge in [-0.15, -0.1) is 0 Å². The smallest absolute Gasteiger partial charge is 0.0810 e. The van der Waals surface area contributed by atoms with Gasteiger partial charge in [0, 0.05) is 0 Å². The third-order valence-corrected chi connectivity index (χ3v) is 1.70. The van der Waals surface area contributed by atoms with Crippen LogP contribution in [0.3, 0.4) is 0 Å². The van der Waals surface area contributed by atoms with Crippen LogP contribution in [0.5, 0.6) is 0 Å². The van der Waals surface area contributed by atoms with Gasteiger partial charge in [0.1, 0.15) is 0 Å². The van der Waals surface area contributed by atoms with Crippen LogP contribution in [0.15, 0.2) is 0 Å². The van der Waals surface area contributed by atoms with Gasteiger partial charge in [-0.1, -0.05) is 0 Å². The van der Waals surface area contributed by atoms with Gasteiger partial charge in [0.15, 0.2) is 0 Å². The molecule has 2 nitrogen and oxygen atoms in total. The Morgan fingerprint density at radius 2 is 1.78 bits per heavy atom. The van der Waals surface area contributed by atoms with E-state index in [4.69, 9.17) is 9.47 Å². The van der Waals surface area contributed by atoms with E-state index in [0.29, 0.717) is 0 Å². The Bertz CT molecular complexity index is 92.9. The van der Waals surface area contributed by atoms with Crippen LogP contribution < -0.4 is 0 Å². The Balaban J connectivity index is 2.35. The number of rotatable bonds is 0. The fourth-order valence-electron chi connectivity index (χ4n) is 0.939. The van der Waals surface area contributed by atoms with Gasteiger partial charge in [-0.05, 0) is 20.8 Å². The van der Waals surface area contributed by atoms with Gasteiger partial charge in [0.2, 0.25) is 0 Å². The first kappa shape index (κ1) is 7.03. The lowest BCUT2D eigenvalue weighted by Gasteiger charge is -2.30. The highest BCUT2D eigenvalue weighted by atomic mass is 16.6. The lowest BCUT2D eigenvalue weighted by molar-refractivity contribution is -0.161. The lowest BCUT2D eigenvalue weighted by Crippen LogP contribution is -2.38. The molecule has 0 N–H and O–H groups in total. The average molecular weight is 130 g/mol. The van der Waals surface area contributed by atoms with E-state index in [1.54, 1.807) is 0 Å². The zero-order valence-electron chi connectivity index (χ0n) is 6.26. The Morgan fingerprint density at radius 3 is 2.22 bits per heavy atom. The molecule has 1 saturated heterocycles. The summed E-state index contributed by atoms with van der Waals surface area (Å²) in [6.07, 6.45) is 0.797. The SMILES string of the molecule is CC1O[C@@H](C)CO[C@H]1C. The molecular weight excluding hydrogens is 116 g/mol. The predicted octanol–water partition coefficient (Wildman–Crippen LogP) is 1.20. The minimum atomic E-state index is 0.258. The van der Waals surface area contributed by atoms with Gasteiger partial charge >= 0.3 is 0 Å². The quantitative estimate of drug-likeness (QED) is 0.490. The molecule has 1 aliphatic rings. The first-order valence-electron chi connectivity index (χ1n) is 3.47. The average Bonchev–Trinajstić information content (AvgIpc) is 1.80. The normalized spacial score (nSPS) is 45.0. The molecule has 0 amide bonds. The van der Waals surface area contributed by atoms with Crippen LogP contribution in [-0.2, 0) is 9.47 Å². The lowest BCUT2D eigenvalue weighted by atomic mass is 10.2. The van der Waals surface area contributed by atoms with E-state index in [1.165, 1.54) is 0 Å². The fourth-order valence-corrected chi connectivity index (χ4v) is 0.939. The molecule has 0 bridgehead atoms. The van der Waals surface area contributed by atoms with Crippen LogP contribution in [0, 0.1) is 0 Å². The van der Waals surface area contributed by atoms with E-state index in [2.05, 4.69) is 0 Å². The van der Waals surface area contributed by atoms with Gasteiger partial charge in [0.05, 0.1) is 24.9 Å². The molecule has 3 atom stereocenters. The second-order valence-corrected chi connectivity index (χ2v) is 2.69. The van der Waals surface area contributed by atoms with Gasteiger partial charge in [-0.2, -0.15) is 0 Å². The van der Waals surface area contributed by atoms with Gasteiger partial charge in [0.25, 0.3) is 0 Å². The molecule has 0 saturated carbocycles. The Labute approximate surface area is 56.2 Å². The molecule has 9 heavy (non-hydrogen) atoms. The van der Waals surface area contributed by atoms with Crippen LogP contribution in [0.4, 0.5) is 0 Å². The summed E-state index contributed by atoms with van der Waals surface area (Å²) in [4.78, 5) is 0.